The van der Waals surface area contributed by atoms with Crippen molar-refractivity contribution in [3.05, 3.63) is 51.6 Å². The van der Waals surface area contributed by atoms with E-state index in [1.54, 1.807) is 0 Å². The number of pyridine rings is 1. The minimum absolute atomic E-state index is 0.0421. The number of rotatable bonds is 4. The fourth-order valence-corrected chi connectivity index (χ4v) is 5.46. The predicted molar refractivity (Wildman–Crippen MR) is 121 cm³/mol. The van der Waals surface area contributed by atoms with Crippen molar-refractivity contribution in [2.24, 2.45) is 5.92 Å². The third kappa shape index (κ3) is 4.03. The average Bonchev–Trinajstić information content (AvgIpc) is 3.24. The Morgan fingerprint density at radius 2 is 1.94 bits per heavy atom. The molecule has 3 aromatic rings. The number of tetrazole rings is 1. The Morgan fingerprint density at radius 1 is 1.10 bits per heavy atom. The highest BCUT2D eigenvalue weighted by atomic mass is 16.1. The summed E-state index contributed by atoms with van der Waals surface area (Å²) in [6, 6.07) is 8.36. The van der Waals surface area contributed by atoms with E-state index in [1.807, 2.05) is 17.7 Å². The second kappa shape index (κ2) is 8.54. The zero-order valence-electron chi connectivity index (χ0n) is 18.5. The number of likely N-dealkylation sites (tertiary alicyclic amines) is 1. The molecule has 7 heteroatoms. The molecule has 3 heterocycles. The van der Waals surface area contributed by atoms with Crippen LogP contribution in [0.3, 0.4) is 0 Å². The summed E-state index contributed by atoms with van der Waals surface area (Å²) >= 11 is 0. The molecule has 2 fully saturated rings. The number of H-pyrrole nitrogens is 1. The van der Waals surface area contributed by atoms with E-state index >= 15 is 0 Å². The minimum atomic E-state index is -0.228. The molecule has 1 saturated heterocycles. The lowest BCUT2D eigenvalue weighted by Gasteiger charge is -2.37. The van der Waals surface area contributed by atoms with Crippen molar-refractivity contribution in [1.82, 2.24) is 30.1 Å². The normalized spacial score (nSPS) is 22.1. The molecule has 1 aromatic carbocycles. The highest BCUT2D eigenvalue weighted by molar-refractivity contribution is 5.79. The smallest absolute Gasteiger partial charge is 0.253 e. The van der Waals surface area contributed by atoms with Gasteiger partial charge < -0.3 is 4.98 Å². The first kappa shape index (κ1) is 20.4. The van der Waals surface area contributed by atoms with E-state index in [1.165, 1.54) is 25.7 Å². The summed E-state index contributed by atoms with van der Waals surface area (Å²) in [6.45, 7) is 6.24. The minimum Gasteiger partial charge on any atom is -0.322 e. The summed E-state index contributed by atoms with van der Waals surface area (Å²) in [4.78, 5) is 18.9. The molecule has 1 aliphatic heterocycles. The van der Waals surface area contributed by atoms with Crippen LogP contribution in [0, 0.1) is 12.8 Å². The van der Waals surface area contributed by atoms with Crippen molar-refractivity contribution in [3.8, 4) is 0 Å². The predicted octanol–water partition coefficient (Wildman–Crippen LogP) is 4.15. The molecule has 1 N–H and O–H groups in total. The fraction of sp³-hybridized carbons (Fsp3) is 0.583. The molecule has 2 aromatic heterocycles. The van der Waals surface area contributed by atoms with Gasteiger partial charge in [-0.15, -0.1) is 5.10 Å². The molecule has 2 aliphatic rings. The molecular weight excluding hydrogens is 388 g/mol. The van der Waals surface area contributed by atoms with Crippen LogP contribution in [0.4, 0.5) is 0 Å². The molecule has 7 nitrogen and oxygen atoms in total. The van der Waals surface area contributed by atoms with Crippen LogP contribution >= 0.6 is 0 Å². The number of aromatic nitrogens is 5. The van der Waals surface area contributed by atoms with Gasteiger partial charge in [-0.1, -0.05) is 38.3 Å². The first-order valence-electron chi connectivity index (χ1n) is 11.8. The second-order valence-electron chi connectivity index (χ2n) is 9.56. The van der Waals surface area contributed by atoms with Gasteiger partial charge in [0.15, 0.2) is 5.82 Å². The largest absolute Gasteiger partial charge is 0.322 e. The number of hydrogen-bond donors (Lipinski definition) is 1. The molecule has 2 atom stereocenters. The zero-order chi connectivity index (χ0) is 21.4. The molecule has 5 rings (SSSR count). The molecule has 164 valence electrons. The maximum atomic E-state index is 13.3. The first-order chi connectivity index (χ1) is 15.1. The number of aryl methyl sites for hydroxylation is 1. The average molecular weight is 421 g/mol. The Bertz CT molecular complexity index is 1110. The van der Waals surface area contributed by atoms with E-state index in [0.29, 0.717) is 12.0 Å². The number of benzene rings is 1. The van der Waals surface area contributed by atoms with Crippen LogP contribution < -0.4 is 5.56 Å². The Kier molecular flexibility index (Phi) is 5.61. The van der Waals surface area contributed by atoms with E-state index in [9.17, 15) is 4.79 Å². The van der Waals surface area contributed by atoms with Crippen LogP contribution in [-0.4, -0.2) is 43.2 Å². The van der Waals surface area contributed by atoms with Gasteiger partial charge >= 0.3 is 0 Å². The van der Waals surface area contributed by atoms with Gasteiger partial charge in [0.25, 0.3) is 5.56 Å². The lowest BCUT2D eigenvalue weighted by molar-refractivity contribution is 0.138. The molecule has 31 heavy (non-hydrogen) atoms. The van der Waals surface area contributed by atoms with Gasteiger partial charge in [-0.05, 0) is 78.6 Å². The van der Waals surface area contributed by atoms with Crippen LogP contribution in [0.25, 0.3) is 10.9 Å². The molecule has 1 saturated carbocycles. The zero-order valence-corrected chi connectivity index (χ0v) is 18.5. The summed E-state index contributed by atoms with van der Waals surface area (Å²) in [5.74, 6) is 1.41. The SMILES string of the molecule is Cc1ccc2cc([C@@H](c3nnnn3C3CCCCC3)N3CCC[C@@H](C)C3)c(=O)[nH]c2c1. The molecular formula is C24H32N6O. The lowest BCUT2D eigenvalue weighted by atomic mass is 9.93. The molecule has 0 bridgehead atoms. The van der Waals surface area contributed by atoms with Crippen LogP contribution in [-0.2, 0) is 0 Å². The van der Waals surface area contributed by atoms with Gasteiger partial charge in [-0.25, -0.2) is 4.68 Å². The van der Waals surface area contributed by atoms with Crippen molar-refractivity contribution in [2.45, 2.75) is 70.9 Å². The molecule has 0 spiro atoms. The van der Waals surface area contributed by atoms with Crippen molar-refractivity contribution in [2.75, 3.05) is 13.1 Å². The Labute approximate surface area is 182 Å². The summed E-state index contributed by atoms with van der Waals surface area (Å²) in [6.07, 6.45) is 8.28. The van der Waals surface area contributed by atoms with Gasteiger partial charge in [-0.3, -0.25) is 9.69 Å². The van der Waals surface area contributed by atoms with E-state index in [4.69, 9.17) is 0 Å². The van der Waals surface area contributed by atoms with Crippen LogP contribution in [0.15, 0.2) is 29.1 Å². The maximum absolute atomic E-state index is 13.3. The Morgan fingerprint density at radius 3 is 2.74 bits per heavy atom. The second-order valence-corrected chi connectivity index (χ2v) is 9.56. The third-order valence-corrected chi connectivity index (χ3v) is 7.06. The topological polar surface area (TPSA) is 79.7 Å². The van der Waals surface area contributed by atoms with Gasteiger partial charge in [-0.2, -0.15) is 0 Å². The van der Waals surface area contributed by atoms with E-state index in [0.717, 1.165) is 60.2 Å². The van der Waals surface area contributed by atoms with E-state index in [2.05, 4.69) is 50.5 Å². The lowest BCUT2D eigenvalue weighted by Crippen LogP contribution is -2.41. The van der Waals surface area contributed by atoms with Crippen molar-refractivity contribution < 1.29 is 0 Å². The van der Waals surface area contributed by atoms with E-state index in [-0.39, 0.29) is 11.6 Å². The van der Waals surface area contributed by atoms with Crippen molar-refractivity contribution in [3.63, 3.8) is 0 Å². The van der Waals surface area contributed by atoms with E-state index < -0.39 is 0 Å². The number of piperidine rings is 1. The summed E-state index contributed by atoms with van der Waals surface area (Å²) < 4.78 is 2.03. The monoisotopic (exact) mass is 420 g/mol. The number of nitrogens with one attached hydrogen (secondary N) is 1. The highest BCUT2D eigenvalue weighted by Gasteiger charge is 2.34. The Balaban J connectivity index is 1.63. The highest BCUT2D eigenvalue weighted by Crippen LogP contribution is 2.34. The van der Waals surface area contributed by atoms with Crippen LogP contribution in [0.5, 0.6) is 0 Å². The van der Waals surface area contributed by atoms with Gasteiger partial charge in [0.2, 0.25) is 0 Å². The fourth-order valence-electron chi connectivity index (χ4n) is 5.46. The van der Waals surface area contributed by atoms with Gasteiger partial charge in [0.05, 0.1) is 6.04 Å². The molecule has 0 radical (unpaired) electrons. The quantitative estimate of drug-likeness (QED) is 0.686. The van der Waals surface area contributed by atoms with Crippen molar-refractivity contribution >= 4 is 10.9 Å². The number of fused-ring (bicyclic) bond motifs is 1. The van der Waals surface area contributed by atoms with Gasteiger partial charge in [0, 0.05) is 17.6 Å². The van der Waals surface area contributed by atoms with Gasteiger partial charge in [0.1, 0.15) is 6.04 Å². The number of aromatic amines is 1. The third-order valence-electron chi connectivity index (χ3n) is 7.06. The standard InChI is InChI=1S/C24H32N6O/c1-16-10-11-18-14-20(24(31)25-21(18)13-16)22(29-12-6-7-17(2)15-29)23-26-27-28-30(23)19-8-4-3-5-9-19/h10-11,13-14,17,19,22H,3-9,12,15H2,1-2H3,(H,25,31)/t17-,22+/m1/s1. The summed E-state index contributed by atoms with van der Waals surface area (Å²) in [5.41, 5.74) is 2.72. The van der Waals surface area contributed by atoms with Crippen LogP contribution in [0.2, 0.25) is 0 Å². The number of nitrogens with zero attached hydrogens (tertiary/aromatic N) is 5. The molecule has 0 amide bonds. The molecule has 0 unspecified atom stereocenters. The number of hydrogen-bond acceptors (Lipinski definition) is 5. The molecule has 1 aliphatic carbocycles. The Hall–Kier alpha value is -2.54. The van der Waals surface area contributed by atoms with Crippen molar-refractivity contribution in [1.29, 1.82) is 0 Å². The summed E-state index contributed by atoms with van der Waals surface area (Å²) in [7, 11) is 0. The maximum Gasteiger partial charge on any atom is 0.253 e. The van der Waals surface area contributed by atoms with Crippen LogP contribution in [0.1, 0.15) is 80.9 Å². The summed E-state index contributed by atoms with van der Waals surface area (Å²) in [5, 5.41) is 14.1. The first-order valence-corrected chi connectivity index (χ1v) is 11.8.